The molecule has 1 saturated heterocycles. The standard InChI is InChI=1S/C20H22N2O3/c1-3-14-7-6-8-16(11-14)22-13-15(12-19(22)23)20(24)21-17-9-4-5-10-18(17)25-2/h4-11,15H,3,12-13H2,1-2H3,(H,21,24)/t15-/m0/s1. The highest BCUT2D eigenvalue weighted by Crippen LogP contribution is 2.28. The van der Waals surface area contributed by atoms with Gasteiger partial charge in [-0.15, -0.1) is 0 Å². The zero-order valence-corrected chi connectivity index (χ0v) is 14.5. The summed E-state index contributed by atoms with van der Waals surface area (Å²) in [5.41, 5.74) is 2.65. The van der Waals surface area contributed by atoms with E-state index in [0.29, 0.717) is 18.0 Å². The van der Waals surface area contributed by atoms with Gasteiger partial charge in [-0.05, 0) is 36.2 Å². The number of para-hydroxylation sites is 2. The number of rotatable bonds is 5. The van der Waals surface area contributed by atoms with E-state index in [2.05, 4.69) is 12.2 Å². The highest BCUT2D eigenvalue weighted by atomic mass is 16.5. The molecule has 0 bridgehead atoms. The van der Waals surface area contributed by atoms with Gasteiger partial charge < -0.3 is 15.0 Å². The second-order valence-corrected chi connectivity index (χ2v) is 6.12. The van der Waals surface area contributed by atoms with E-state index in [1.807, 2.05) is 36.4 Å². The molecule has 1 heterocycles. The fourth-order valence-electron chi connectivity index (χ4n) is 3.06. The van der Waals surface area contributed by atoms with Crippen LogP contribution in [0.15, 0.2) is 48.5 Å². The number of methoxy groups -OCH3 is 1. The first-order valence-electron chi connectivity index (χ1n) is 8.45. The van der Waals surface area contributed by atoms with E-state index in [4.69, 9.17) is 4.74 Å². The monoisotopic (exact) mass is 338 g/mol. The first-order chi connectivity index (χ1) is 12.1. The molecule has 1 N–H and O–H groups in total. The van der Waals surface area contributed by atoms with Crippen molar-refractivity contribution in [2.24, 2.45) is 5.92 Å². The Morgan fingerprint density at radius 3 is 2.80 bits per heavy atom. The van der Waals surface area contributed by atoms with Crippen LogP contribution in [0.25, 0.3) is 0 Å². The molecule has 2 aromatic rings. The van der Waals surface area contributed by atoms with Gasteiger partial charge in [-0.25, -0.2) is 0 Å². The van der Waals surface area contributed by atoms with E-state index in [9.17, 15) is 9.59 Å². The number of benzene rings is 2. The summed E-state index contributed by atoms with van der Waals surface area (Å²) in [5, 5.41) is 2.88. The lowest BCUT2D eigenvalue weighted by Gasteiger charge is -2.18. The van der Waals surface area contributed by atoms with Crippen molar-refractivity contribution in [2.75, 3.05) is 23.9 Å². The third-order valence-corrected chi connectivity index (χ3v) is 4.49. The predicted molar refractivity (Wildman–Crippen MR) is 97.9 cm³/mol. The minimum absolute atomic E-state index is 0.0200. The summed E-state index contributed by atoms with van der Waals surface area (Å²) >= 11 is 0. The number of carbonyl (C=O) groups is 2. The van der Waals surface area contributed by atoms with Crippen molar-refractivity contribution in [1.82, 2.24) is 0 Å². The third kappa shape index (κ3) is 3.65. The quantitative estimate of drug-likeness (QED) is 0.910. The first kappa shape index (κ1) is 17.0. The summed E-state index contributed by atoms with van der Waals surface area (Å²) in [4.78, 5) is 26.7. The second-order valence-electron chi connectivity index (χ2n) is 6.12. The Morgan fingerprint density at radius 2 is 2.04 bits per heavy atom. The zero-order chi connectivity index (χ0) is 17.8. The van der Waals surface area contributed by atoms with Crippen LogP contribution in [0.3, 0.4) is 0 Å². The number of anilines is 2. The number of carbonyl (C=O) groups excluding carboxylic acids is 2. The average Bonchev–Trinajstić information content (AvgIpc) is 3.04. The Hall–Kier alpha value is -2.82. The largest absolute Gasteiger partial charge is 0.495 e. The lowest BCUT2D eigenvalue weighted by atomic mass is 10.1. The zero-order valence-electron chi connectivity index (χ0n) is 14.5. The summed E-state index contributed by atoms with van der Waals surface area (Å²) < 4.78 is 5.25. The minimum Gasteiger partial charge on any atom is -0.495 e. The molecule has 0 spiro atoms. The van der Waals surface area contributed by atoms with Crippen molar-refractivity contribution in [3.8, 4) is 5.75 Å². The van der Waals surface area contributed by atoms with Gasteiger partial charge in [0.05, 0.1) is 18.7 Å². The molecule has 0 unspecified atom stereocenters. The summed E-state index contributed by atoms with van der Waals surface area (Å²) in [6.07, 6.45) is 1.13. The number of aryl methyl sites for hydroxylation is 1. The smallest absolute Gasteiger partial charge is 0.229 e. The number of nitrogens with zero attached hydrogens (tertiary/aromatic N) is 1. The normalized spacial score (nSPS) is 16.8. The molecule has 2 aromatic carbocycles. The van der Waals surface area contributed by atoms with E-state index in [1.54, 1.807) is 24.1 Å². The van der Waals surface area contributed by atoms with Gasteiger partial charge in [0.15, 0.2) is 0 Å². The van der Waals surface area contributed by atoms with Crippen LogP contribution in [0.2, 0.25) is 0 Å². The minimum atomic E-state index is -0.373. The van der Waals surface area contributed by atoms with Gasteiger partial charge >= 0.3 is 0 Å². The maximum absolute atomic E-state index is 12.6. The molecule has 1 fully saturated rings. The summed E-state index contributed by atoms with van der Waals surface area (Å²) in [7, 11) is 1.56. The molecular formula is C20H22N2O3. The molecule has 3 rings (SSSR count). The van der Waals surface area contributed by atoms with Gasteiger partial charge in [-0.3, -0.25) is 9.59 Å². The molecule has 130 valence electrons. The Bertz CT molecular complexity index is 788. The van der Waals surface area contributed by atoms with Crippen LogP contribution in [-0.2, 0) is 16.0 Å². The molecule has 0 aliphatic carbocycles. The topological polar surface area (TPSA) is 58.6 Å². The van der Waals surface area contributed by atoms with Crippen molar-refractivity contribution < 1.29 is 14.3 Å². The highest BCUT2D eigenvalue weighted by molar-refractivity contribution is 6.03. The summed E-state index contributed by atoms with van der Waals surface area (Å²) in [5.74, 6) is 0.0517. The van der Waals surface area contributed by atoms with E-state index < -0.39 is 0 Å². The molecule has 25 heavy (non-hydrogen) atoms. The van der Waals surface area contributed by atoms with Crippen molar-refractivity contribution in [3.05, 3.63) is 54.1 Å². The Kier molecular flexibility index (Phi) is 5.03. The first-order valence-corrected chi connectivity index (χ1v) is 8.45. The SMILES string of the molecule is CCc1cccc(N2C[C@@H](C(=O)Nc3ccccc3OC)CC2=O)c1. The van der Waals surface area contributed by atoms with Crippen molar-refractivity contribution >= 4 is 23.2 Å². The van der Waals surface area contributed by atoms with E-state index >= 15 is 0 Å². The van der Waals surface area contributed by atoms with Crippen molar-refractivity contribution in [3.63, 3.8) is 0 Å². The van der Waals surface area contributed by atoms with Gasteiger partial charge in [0.1, 0.15) is 5.75 Å². The van der Waals surface area contributed by atoms with Crippen molar-refractivity contribution in [2.45, 2.75) is 19.8 Å². The van der Waals surface area contributed by atoms with Crippen LogP contribution in [0, 0.1) is 5.92 Å². The molecular weight excluding hydrogens is 316 g/mol. The molecule has 0 radical (unpaired) electrons. The van der Waals surface area contributed by atoms with Gasteiger partial charge in [0.2, 0.25) is 11.8 Å². The third-order valence-electron chi connectivity index (χ3n) is 4.49. The van der Waals surface area contributed by atoms with Crippen LogP contribution in [0.1, 0.15) is 18.9 Å². The van der Waals surface area contributed by atoms with Crippen molar-refractivity contribution in [1.29, 1.82) is 0 Å². The molecule has 2 amide bonds. The number of amides is 2. The van der Waals surface area contributed by atoms with Gasteiger partial charge in [-0.1, -0.05) is 31.2 Å². The molecule has 0 aromatic heterocycles. The number of ether oxygens (including phenoxy) is 1. The lowest BCUT2D eigenvalue weighted by molar-refractivity contribution is -0.122. The maximum Gasteiger partial charge on any atom is 0.229 e. The molecule has 1 aliphatic heterocycles. The summed E-state index contributed by atoms with van der Waals surface area (Å²) in [6.45, 7) is 2.47. The number of hydrogen-bond donors (Lipinski definition) is 1. The fraction of sp³-hybridized carbons (Fsp3) is 0.300. The molecule has 5 heteroatoms. The van der Waals surface area contributed by atoms with Crippen LogP contribution in [0.4, 0.5) is 11.4 Å². The molecule has 1 atom stereocenters. The van der Waals surface area contributed by atoms with Crippen LogP contribution >= 0.6 is 0 Å². The van der Waals surface area contributed by atoms with E-state index in [1.165, 1.54) is 5.56 Å². The fourth-order valence-corrected chi connectivity index (χ4v) is 3.06. The number of hydrogen-bond acceptors (Lipinski definition) is 3. The number of nitrogens with one attached hydrogen (secondary N) is 1. The van der Waals surface area contributed by atoms with E-state index in [-0.39, 0.29) is 24.2 Å². The van der Waals surface area contributed by atoms with Gasteiger partial charge in [-0.2, -0.15) is 0 Å². The highest BCUT2D eigenvalue weighted by Gasteiger charge is 2.35. The Morgan fingerprint density at radius 1 is 1.24 bits per heavy atom. The second kappa shape index (κ2) is 7.38. The summed E-state index contributed by atoms with van der Waals surface area (Å²) in [6, 6.07) is 15.2. The van der Waals surface area contributed by atoms with Crippen LogP contribution in [-0.4, -0.2) is 25.5 Å². The Balaban J connectivity index is 1.72. The lowest BCUT2D eigenvalue weighted by Crippen LogP contribution is -2.28. The van der Waals surface area contributed by atoms with E-state index in [0.717, 1.165) is 12.1 Å². The predicted octanol–water partition coefficient (Wildman–Crippen LogP) is 3.25. The van der Waals surface area contributed by atoms with Crippen LogP contribution in [0.5, 0.6) is 5.75 Å². The maximum atomic E-state index is 12.6. The van der Waals surface area contributed by atoms with Gasteiger partial charge in [0.25, 0.3) is 0 Å². The van der Waals surface area contributed by atoms with Crippen LogP contribution < -0.4 is 15.0 Å². The molecule has 1 aliphatic rings. The average molecular weight is 338 g/mol. The Labute approximate surface area is 147 Å². The van der Waals surface area contributed by atoms with Gasteiger partial charge in [0, 0.05) is 18.7 Å². The molecule has 0 saturated carbocycles. The molecule has 5 nitrogen and oxygen atoms in total.